The Morgan fingerprint density at radius 3 is 2.30 bits per heavy atom. The molecule has 3 aromatic rings. The first kappa shape index (κ1) is 24.0. The Kier molecular flexibility index (Phi) is 7.47. The highest BCUT2D eigenvalue weighted by atomic mass is 32.2. The van der Waals surface area contributed by atoms with Gasteiger partial charge in [-0.15, -0.1) is 13.2 Å². The summed E-state index contributed by atoms with van der Waals surface area (Å²) >= 11 is 0. The number of rotatable bonds is 10. The van der Waals surface area contributed by atoms with E-state index in [0.717, 1.165) is 0 Å². The average Bonchev–Trinajstić information content (AvgIpc) is 3.17. The van der Waals surface area contributed by atoms with Crippen molar-refractivity contribution >= 4 is 38.6 Å². The second-order valence-electron chi connectivity index (χ2n) is 6.90. The van der Waals surface area contributed by atoms with E-state index in [0.29, 0.717) is 11.0 Å². The van der Waals surface area contributed by atoms with Crippen molar-refractivity contribution in [3.05, 3.63) is 85.2 Å². The summed E-state index contributed by atoms with van der Waals surface area (Å²) in [4.78, 5) is 25.3. The standard InChI is InChI=1S/C24H24N2O6S/c1-4-15-26(16-5-2)33(29,30)18-13-11-17(12-14-18)23(27)25-21-19-9-7-8-10-20(19)32-22(21)24(28)31-6-3/h4-5,7-14H,1-2,6,15-16H2,3H3,(H,25,27). The molecule has 0 spiro atoms. The number of sulfonamides is 1. The molecule has 0 aliphatic heterocycles. The van der Waals surface area contributed by atoms with Gasteiger partial charge in [-0.3, -0.25) is 4.79 Å². The highest BCUT2D eigenvalue weighted by Crippen LogP contribution is 2.32. The summed E-state index contributed by atoms with van der Waals surface area (Å²) in [5, 5.41) is 3.23. The van der Waals surface area contributed by atoms with Crippen LogP contribution < -0.4 is 5.32 Å². The van der Waals surface area contributed by atoms with Crippen LogP contribution in [0.5, 0.6) is 0 Å². The van der Waals surface area contributed by atoms with E-state index in [4.69, 9.17) is 9.15 Å². The molecule has 0 fully saturated rings. The minimum absolute atomic E-state index is 0.0312. The summed E-state index contributed by atoms with van der Waals surface area (Å²) in [6.07, 6.45) is 2.97. The molecular formula is C24H24N2O6S. The zero-order valence-corrected chi connectivity index (χ0v) is 18.9. The van der Waals surface area contributed by atoms with Crippen molar-refractivity contribution < 1.29 is 27.2 Å². The molecule has 0 unspecified atom stereocenters. The molecule has 9 heteroatoms. The average molecular weight is 469 g/mol. The first-order valence-electron chi connectivity index (χ1n) is 10.2. The lowest BCUT2D eigenvalue weighted by Gasteiger charge is -2.19. The summed E-state index contributed by atoms with van der Waals surface area (Å²) in [7, 11) is -3.79. The van der Waals surface area contributed by atoms with E-state index < -0.39 is 21.9 Å². The molecule has 2 aromatic carbocycles. The van der Waals surface area contributed by atoms with Gasteiger partial charge in [0.15, 0.2) is 0 Å². The van der Waals surface area contributed by atoms with Crippen molar-refractivity contribution in [2.75, 3.05) is 25.0 Å². The van der Waals surface area contributed by atoms with Crippen LogP contribution in [0.3, 0.4) is 0 Å². The van der Waals surface area contributed by atoms with Crippen LogP contribution >= 0.6 is 0 Å². The molecule has 0 radical (unpaired) electrons. The summed E-state index contributed by atoms with van der Waals surface area (Å²) in [6, 6.07) is 12.4. The van der Waals surface area contributed by atoms with E-state index in [2.05, 4.69) is 18.5 Å². The first-order valence-corrected chi connectivity index (χ1v) is 11.6. The van der Waals surface area contributed by atoms with Crippen LogP contribution in [-0.4, -0.2) is 44.3 Å². The highest BCUT2D eigenvalue weighted by molar-refractivity contribution is 7.89. The van der Waals surface area contributed by atoms with E-state index in [9.17, 15) is 18.0 Å². The second-order valence-corrected chi connectivity index (χ2v) is 8.84. The number of amides is 1. The summed E-state index contributed by atoms with van der Waals surface area (Å²) in [5.41, 5.74) is 0.809. The molecule has 33 heavy (non-hydrogen) atoms. The molecule has 1 N–H and O–H groups in total. The molecule has 1 amide bonds. The monoisotopic (exact) mass is 468 g/mol. The predicted molar refractivity (Wildman–Crippen MR) is 126 cm³/mol. The number of carbonyl (C=O) groups is 2. The fourth-order valence-electron chi connectivity index (χ4n) is 3.18. The maximum atomic E-state index is 12.9. The zero-order chi connectivity index (χ0) is 24.0. The van der Waals surface area contributed by atoms with Gasteiger partial charge in [0.2, 0.25) is 15.8 Å². The minimum atomic E-state index is -3.79. The normalized spacial score (nSPS) is 11.3. The number of nitrogens with zero attached hydrogens (tertiary/aromatic N) is 1. The minimum Gasteiger partial charge on any atom is -0.460 e. The number of esters is 1. The van der Waals surface area contributed by atoms with E-state index in [1.165, 1.54) is 40.7 Å². The molecule has 0 aliphatic carbocycles. The molecule has 8 nitrogen and oxygen atoms in total. The summed E-state index contributed by atoms with van der Waals surface area (Å²) in [6.45, 7) is 9.23. The van der Waals surface area contributed by atoms with Gasteiger partial charge in [0.05, 0.1) is 11.5 Å². The largest absolute Gasteiger partial charge is 0.460 e. The van der Waals surface area contributed by atoms with Crippen molar-refractivity contribution in [1.82, 2.24) is 4.31 Å². The quantitative estimate of drug-likeness (QED) is 0.353. The van der Waals surface area contributed by atoms with Gasteiger partial charge < -0.3 is 14.5 Å². The third-order valence-electron chi connectivity index (χ3n) is 4.71. The maximum absolute atomic E-state index is 12.9. The molecule has 172 valence electrons. The smallest absolute Gasteiger partial charge is 0.376 e. The second kappa shape index (κ2) is 10.3. The fraction of sp³-hybridized carbons (Fsp3) is 0.167. The lowest BCUT2D eigenvalue weighted by molar-refractivity contribution is 0.0494. The van der Waals surface area contributed by atoms with Crippen LogP contribution in [0.2, 0.25) is 0 Å². The van der Waals surface area contributed by atoms with Crippen LogP contribution in [-0.2, 0) is 14.8 Å². The summed E-state index contributed by atoms with van der Waals surface area (Å²) < 4.78 is 37.5. The highest BCUT2D eigenvalue weighted by Gasteiger charge is 2.25. The number of hydrogen-bond acceptors (Lipinski definition) is 6. The number of hydrogen-bond donors (Lipinski definition) is 1. The number of benzene rings is 2. The predicted octanol–water partition coefficient (Wildman–Crippen LogP) is 4.22. The van der Waals surface area contributed by atoms with E-state index in [-0.39, 0.29) is 41.6 Å². The third-order valence-corrected chi connectivity index (χ3v) is 6.56. The van der Waals surface area contributed by atoms with Gasteiger partial charge >= 0.3 is 5.97 Å². The molecule has 3 rings (SSSR count). The van der Waals surface area contributed by atoms with Crippen molar-refractivity contribution in [1.29, 1.82) is 0 Å². The Morgan fingerprint density at radius 1 is 1.06 bits per heavy atom. The van der Waals surface area contributed by atoms with E-state index >= 15 is 0 Å². The number of para-hydroxylation sites is 1. The van der Waals surface area contributed by atoms with Gasteiger partial charge in [-0.1, -0.05) is 24.3 Å². The molecule has 0 atom stereocenters. The van der Waals surface area contributed by atoms with Gasteiger partial charge in [-0.05, 0) is 43.3 Å². The Morgan fingerprint density at radius 2 is 1.70 bits per heavy atom. The Balaban J connectivity index is 1.90. The van der Waals surface area contributed by atoms with Gasteiger partial charge in [0.25, 0.3) is 5.91 Å². The molecule has 0 bridgehead atoms. The van der Waals surface area contributed by atoms with Gasteiger partial charge in [-0.25, -0.2) is 13.2 Å². The lowest BCUT2D eigenvalue weighted by Crippen LogP contribution is -2.31. The topological polar surface area (TPSA) is 106 Å². The van der Waals surface area contributed by atoms with Gasteiger partial charge in [-0.2, -0.15) is 4.31 Å². The Hall–Kier alpha value is -3.69. The Labute approximate surface area is 192 Å². The van der Waals surface area contributed by atoms with Crippen molar-refractivity contribution in [2.24, 2.45) is 0 Å². The molecule has 0 aliphatic rings. The molecule has 1 aromatic heterocycles. The van der Waals surface area contributed by atoms with Crippen LogP contribution in [0.25, 0.3) is 11.0 Å². The number of fused-ring (bicyclic) bond motifs is 1. The molecule has 0 saturated carbocycles. The number of furan rings is 1. The Bertz CT molecular complexity index is 1280. The molecule has 0 saturated heterocycles. The number of nitrogens with one attached hydrogen (secondary N) is 1. The number of carbonyl (C=O) groups excluding carboxylic acids is 2. The SMILES string of the molecule is C=CCN(CC=C)S(=O)(=O)c1ccc(C(=O)Nc2c(C(=O)OCC)oc3ccccc23)cc1. The van der Waals surface area contributed by atoms with Crippen LogP contribution in [0, 0.1) is 0 Å². The third kappa shape index (κ3) is 5.05. The van der Waals surface area contributed by atoms with E-state index in [1.54, 1.807) is 31.2 Å². The zero-order valence-electron chi connectivity index (χ0n) is 18.1. The lowest BCUT2D eigenvalue weighted by atomic mass is 10.2. The van der Waals surface area contributed by atoms with Crippen LogP contribution in [0.15, 0.2) is 83.2 Å². The van der Waals surface area contributed by atoms with Crippen LogP contribution in [0.1, 0.15) is 27.8 Å². The number of ether oxygens (including phenoxy) is 1. The molecule has 1 heterocycles. The van der Waals surface area contributed by atoms with Crippen LogP contribution in [0.4, 0.5) is 5.69 Å². The fourth-order valence-corrected chi connectivity index (χ4v) is 4.56. The van der Waals surface area contributed by atoms with Crippen molar-refractivity contribution in [3.8, 4) is 0 Å². The first-order chi connectivity index (χ1) is 15.8. The van der Waals surface area contributed by atoms with E-state index in [1.807, 2.05) is 0 Å². The molecular weight excluding hydrogens is 444 g/mol. The van der Waals surface area contributed by atoms with Crippen molar-refractivity contribution in [2.45, 2.75) is 11.8 Å². The van der Waals surface area contributed by atoms with Crippen molar-refractivity contribution in [3.63, 3.8) is 0 Å². The van der Waals surface area contributed by atoms with Gasteiger partial charge in [0.1, 0.15) is 11.3 Å². The number of anilines is 1. The maximum Gasteiger partial charge on any atom is 0.376 e. The van der Waals surface area contributed by atoms with Gasteiger partial charge in [0, 0.05) is 24.0 Å². The summed E-state index contributed by atoms with van der Waals surface area (Å²) in [5.74, 6) is -1.35.